The molecule has 3 nitrogen and oxygen atoms in total. The lowest BCUT2D eigenvalue weighted by Gasteiger charge is -2.24. The van der Waals surface area contributed by atoms with Crippen molar-refractivity contribution in [1.82, 2.24) is 10.3 Å². The third kappa shape index (κ3) is 4.67. The van der Waals surface area contributed by atoms with E-state index in [0.29, 0.717) is 6.61 Å². The summed E-state index contributed by atoms with van der Waals surface area (Å²) in [5, 5.41) is 6.65. The molecule has 0 aromatic carbocycles. The Hall–Kier alpha value is -0.450. The van der Waals surface area contributed by atoms with Crippen molar-refractivity contribution in [3.05, 3.63) is 16.1 Å². The normalized spacial score (nSPS) is 15.8. The summed E-state index contributed by atoms with van der Waals surface area (Å²) >= 11 is 1.73. The largest absolute Gasteiger partial charge is 0.375 e. The van der Waals surface area contributed by atoms with Gasteiger partial charge in [0, 0.05) is 18.5 Å². The molecule has 0 spiro atoms. The van der Waals surface area contributed by atoms with Gasteiger partial charge >= 0.3 is 0 Å². The molecule has 1 aromatic rings. The summed E-state index contributed by atoms with van der Waals surface area (Å²) in [6.07, 6.45) is 6.64. The first-order valence-corrected chi connectivity index (χ1v) is 7.98. The molecule has 1 fully saturated rings. The Balaban J connectivity index is 1.57. The van der Waals surface area contributed by atoms with Gasteiger partial charge in [0.05, 0.1) is 12.3 Å². The van der Waals surface area contributed by atoms with Crippen LogP contribution < -0.4 is 5.32 Å². The van der Waals surface area contributed by atoms with Gasteiger partial charge in [0.1, 0.15) is 5.01 Å². The standard InChI is InChI=1S/C14H24N2OS/c1-2-7-15-9-14-16-13(11-18-14)10-17-8-6-12-4-3-5-12/h11-12,15H,2-10H2,1H3. The third-order valence-electron chi connectivity index (χ3n) is 3.45. The van der Waals surface area contributed by atoms with Crippen molar-refractivity contribution in [2.45, 2.75) is 52.2 Å². The average Bonchev–Trinajstić information content (AvgIpc) is 2.75. The van der Waals surface area contributed by atoms with Crippen LogP contribution in [0.5, 0.6) is 0 Å². The van der Waals surface area contributed by atoms with Gasteiger partial charge in [0.25, 0.3) is 0 Å². The van der Waals surface area contributed by atoms with Crippen LogP contribution in [0.15, 0.2) is 5.38 Å². The van der Waals surface area contributed by atoms with E-state index >= 15 is 0 Å². The van der Waals surface area contributed by atoms with Crippen LogP contribution in [0, 0.1) is 5.92 Å². The first kappa shape index (κ1) is 14.0. The molecular weight excluding hydrogens is 244 g/mol. The monoisotopic (exact) mass is 268 g/mol. The molecule has 0 bridgehead atoms. The molecule has 0 saturated heterocycles. The van der Waals surface area contributed by atoms with E-state index in [1.165, 1.54) is 37.1 Å². The quantitative estimate of drug-likeness (QED) is 0.697. The molecule has 4 heteroatoms. The summed E-state index contributed by atoms with van der Waals surface area (Å²) < 4.78 is 5.69. The number of thiazole rings is 1. The number of nitrogens with zero attached hydrogens (tertiary/aromatic N) is 1. The van der Waals surface area contributed by atoms with Crippen LogP contribution in [-0.4, -0.2) is 18.1 Å². The summed E-state index contributed by atoms with van der Waals surface area (Å²) in [4.78, 5) is 4.56. The number of aromatic nitrogens is 1. The summed E-state index contributed by atoms with van der Waals surface area (Å²) in [5.41, 5.74) is 1.09. The van der Waals surface area contributed by atoms with Crippen molar-refractivity contribution in [3.8, 4) is 0 Å². The highest BCUT2D eigenvalue weighted by Gasteiger charge is 2.16. The van der Waals surface area contributed by atoms with E-state index in [4.69, 9.17) is 4.74 Å². The maximum atomic E-state index is 5.69. The van der Waals surface area contributed by atoms with Gasteiger partial charge in [0.2, 0.25) is 0 Å². The van der Waals surface area contributed by atoms with Gasteiger partial charge in [0.15, 0.2) is 0 Å². The summed E-state index contributed by atoms with van der Waals surface area (Å²) in [6.45, 7) is 5.70. The fraction of sp³-hybridized carbons (Fsp3) is 0.786. The summed E-state index contributed by atoms with van der Waals surface area (Å²) in [6, 6.07) is 0. The van der Waals surface area contributed by atoms with Crippen molar-refractivity contribution in [1.29, 1.82) is 0 Å². The average molecular weight is 268 g/mol. The molecule has 1 aliphatic rings. The van der Waals surface area contributed by atoms with E-state index in [2.05, 4.69) is 22.6 Å². The summed E-state index contributed by atoms with van der Waals surface area (Å²) in [7, 11) is 0. The molecule has 18 heavy (non-hydrogen) atoms. The van der Waals surface area contributed by atoms with Crippen LogP contribution in [0.4, 0.5) is 0 Å². The molecule has 0 radical (unpaired) electrons. The van der Waals surface area contributed by atoms with Gasteiger partial charge in [-0.25, -0.2) is 4.98 Å². The molecule has 0 aliphatic heterocycles. The second-order valence-electron chi connectivity index (χ2n) is 5.05. The molecule has 0 amide bonds. The molecule has 1 aliphatic carbocycles. The Morgan fingerprint density at radius 1 is 1.50 bits per heavy atom. The minimum Gasteiger partial charge on any atom is -0.375 e. The Kier molecular flexibility index (Phi) is 6.11. The third-order valence-corrected chi connectivity index (χ3v) is 4.35. The van der Waals surface area contributed by atoms with Gasteiger partial charge in [-0.05, 0) is 25.3 Å². The Morgan fingerprint density at radius 2 is 2.39 bits per heavy atom. The van der Waals surface area contributed by atoms with Gasteiger partial charge in [-0.2, -0.15) is 0 Å². The maximum absolute atomic E-state index is 5.69. The van der Waals surface area contributed by atoms with Crippen molar-refractivity contribution in [3.63, 3.8) is 0 Å². The number of ether oxygens (including phenoxy) is 1. The molecule has 2 rings (SSSR count). The van der Waals surface area contributed by atoms with E-state index in [-0.39, 0.29) is 0 Å². The Morgan fingerprint density at radius 3 is 3.11 bits per heavy atom. The predicted octanol–water partition coefficient (Wildman–Crippen LogP) is 3.35. The molecule has 0 unspecified atom stereocenters. The SMILES string of the molecule is CCCNCc1nc(COCCC2CCC2)cs1. The lowest BCUT2D eigenvalue weighted by atomic mass is 9.83. The van der Waals surface area contributed by atoms with Crippen LogP contribution >= 0.6 is 11.3 Å². The molecular formula is C14H24N2OS. The van der Waals surface area contributed by atoms with Gasteiger partial charge in [-0.1, -0.05) is 26.2 Å². The second kappa shape index (κ2) is 7.87. The minimum absolute atomic E-state index is 0.678. The van der Waals surface area contributed by atoms with Crippen LogP contribution in [-0.2, 0) is 17.9 Å². The van der Waals surface area contributed by atoms with E-state index in [1.807, 2.05) is 0 Å². The molecule has 1 aromatic heterocycles. The number of nitrogens with one attached hydrogen (secondary N) is 1. The minimum atomic E-state index is 0.678. The van der Waals surface area contributed by atoms with Gasteiger partial charge < -0.3 is 10.1 Å². The van der Waals surface area contributed by atoms with E-state index < -0.39 is 0 Å². The molecule has 1 saturated carbocycles. The zero-order valence-electron chi connectivity index (χ0n) is 11.3. The van der Waals surface area contributed by atoms with E-state index in [0.717, 1.165) is 31.3 Å². The topological polar surface area (TPSA) is 34.2 Å². The highest BCUT2D eigenvalue weighted by atomic mass is 32.1. The highest BCUT2D eigenvalue weighted by Crippen LogP contribution is 2.29. The fourth-order valence-corrected chi connectivity index (χ4v) is 2.82. The second-order valence-corrected chi connectivity index (χ2v) is 5.99. The van der Waals surface area contributed by atoms with Crippen LogP contribution in [0.25, 0.3) is 0 Å². The smallest absolute Gasteiger partial charge is 0.107 e. The summed E-state index contributed by atoms with van der Waals surface area (Å²) in [5.74, 6) is 0.939. The zero-order valence-corrected chi connectivity index (χ0v) is 12.1. The lowest BCUT2D eigenvalue weighted by molar-refractivity contribution is 0.0931. The van der Waals surface area contributed by atoms with Gasteiger partial charge in [-0.15, -0.1) is 11.3 Å². The van der Waals surface area contributed by atoms with Crippen molar-refractivity contribution < 1.29 is 4.74 Å². The van der Waals surface area contributed by atoms with Crippen molar-refractivity contribution >= 4 is 11.3 Å². The van der Waals surface area contributed by atoms with E-state index in [9.17, 15) is 0 Å². The first-order valence-electron chi connectivity index (χ1n) is 7.10. The maximum Gasteiger partial charge on any atom is 0.107 e. The fourth-order valence-electron chi connectivity index (χ4n) is 2.08. The first-order chi connectivity index (χ1) is 8.88. The number of hydrogen-bond donors (Lipinski definition) is 1. The highest BCUT2D eigenvalue weighted by molar-refractivity contribution is 7.09. The Labute approximate surface area is 114 Å². The zero-order chi connectivity index (χ0) is 12.6. The predicted molar refractivity (Wildman–Crippen MR) is 75.7 cm³/mol. The molecule has 1 N–H and O–H groups in total. The lowest BCUT2D eigenvalue weighted by Crippen LogP contribution is -2.14. The van der Waals surface area contributed by atoms with Crippen molar-refractivity contribution in [2.75, 3.05) is 13.2 Å². The molecule has 1 heterocycles. The van der Waals surface area contributed by atoms with Crippen LogP contribution in [0.1, 0.15) is 49.7 Å². The van der Waals surface area contributed by atoms with Crippen molar-refractivity contribution in [2.24, 2.45) is 5.92 Å². The van der Waals surface area contributed by atoms with Crippen LogP contribution in [0.2, 0.25) is 0 Å². The molecule has 0 atom stereocenters. The van der Waals surface area contributed by atoms with Gasteiger partial charge in [-0.3, -0.25) is 0 Å². The number of rotatable bonds is 9. The Bertz CT molecular complexity index is 336. The van der Waals surface area contributed by atoms with E-state index in [1.54, 1.807) is 11.3 Å². The molecule has 102 valence electrons. The van der Waals surface area contributed by atoms with Crippen LogP contribution in [0.3, 0.4) is 0 Å². The number of hydrogen-bond acceptors (Lipinski definition) is 4.